The maximum Gasteiger partial charge on any atom is 0.244 e. The molecule has 20 heavy (non-hydrogen) atoms. The van der Waals surface area contributed by atoms with E-state index >= 15 is 0 Å². The first-order chi connectivity index (χ1) is 9.54. The summed E-state index contributed by atoms with van der Waals surface area (Å²) in [5.41, 5.74) is 2.42. The van der Waals surface area contributed by atoms with E-state index in [1.54, 1.807) is 17.6 Å². The van der Waals surface area contributed by atoms with Crippen molar-refractivity contribution >= 4 is 27.2 Å². The highest BCUT2D eigenvalue weighted by molar-refractivity contribution is 7.89. The number of hydrogen-bond acceptors (Lipinski definition) is 6. The van der Waals surface area contributed by atoms with E-state index in [1.165, 1.54) is 28.9 Å². The van der Waals surface area contributed by atoms with Gasteiger partial charge in [0, 0.05) is 25.2 Å². The lowest BCUT2D eigenvalue weighted by atomic mass is 10.4. The molecule has 0 unspecified atom stereocenters. The van der Waals surface area contributed by atoms with Crippen molar-refractivity contribution in [3.63, 3.8) is 0 Å². The minimum Gasteiger partial charge on any atom is -0.370 e. The van der Waals surface area contributed by atoms with Crippen molar-refractivity contribution in [3.8, 4) is 0 Å². The Morgan fingerprint density at radius 2 is 2.15 bits per heavy atom. The van der Waals surface area contributed by atoms with Crippen molar-refractivity contribution in [2.45, 2.75) is 18.4 Å². The van der Waals surface area contributed by atoms with Gasteiger partial charge in [0.05, 0.1) is 17.7 Å². The molecule has 0 aliphatic rings. The van der Waals surface area contributed by atoms with Crippen LogP contribution < -0.4 is 5.32 Å². The fourth-order valence-corrected chi connectivity index (χ4v) is 3.26. The molecule has 0 aliphatic heterocycles. The molecular formula is C12H16N4O2S2. The Bertz CT molecular complexity index is 639. The second-order valence-corrected chi connectivity index (χ2v) is 6.91. The van der Waals surface area contributed by atoms with Gasteiger partial charge in [-0.1, -0.05) is 0 Å². The molecule has 0 aromatic carbocycles. The van der Waals surface area contributed by atoms with Gasteiger partial charge >= 0.3 is 0 Å². The minimum absolute atomic E-state index is 0.178. The Morgan fingerprint density at radius 3 is 2.70 bits per heavy atom. The zero-order valence-corrected chi connectivity index (χ0v) is 12.9. The molecule has 108 valence electrons. The number of anilines is 1. The lowest BCUT2D eigenvalue weighted by molar-refractivity contribution is 0.463. The SMILES string of the molecule is CCNc1ccc(S(=O)(=O)N(C)Cc2cscn2)cn1. The van der Waals surface area contributed by atoms with Crippen LogP contribution in [0.4, 0.5) is 5.82 Å². The van der Waals surface area contributed by atoms with Gasteiger partial charge in [-0.25, -0.2) is 18.4 Å². The Morgan fingerprint density at radius 1 is 1.35 bits per heavy atom. The summed E-state index contributed by atoms with van der Waals surface area (Å²) in [7, 11) is -2.00. The summed E-state index contributed by atoms with van der Waals surface area (Å²) < 4.78 is 26.0. The van der Waals surface area contributed by atoms with Crippen LogP contribution >= 0.6 is 11.3 Å². The first kappa shape index (κ1) is 14.9. The van der Waals surface area contributed by atoms with Gasteiger partial charge in [0.1, 0.15) is 10.7 Å². The van der Waals surface area contributed by atoms with E-state index in [-0.39, 0.29) is 11.4 Å². The van der Waals surface area contributed by atoms with Crippen LogP contribution in [0.5, 0.6) is 0 Å². The summed E-state index contributed by atoms with van der Waals surface area (Å²) in [6, 6.07) is 3.21. The summed E-state index contributed by atoms with van der Waals surface area (Å²) in [5.74, 6) is 0.661. The molecule has 0 radical (unpaired) electrons. The number of rotatable bonds is 6. The summed E-state index contributed by atoms with van der Waals surface area (Å²) >= 11 is 1.44. The highest BCUT2D eigenvalue weighted by Gasteiger charge is 2.21. The van der Waals surface area contributed by atoms with Crippen molar-refractivity contribution < 1.29 is 8.42 Å². The summed E-state index contributed by atoms with van der Waals surface area (Å²) in [5, 5.41) is 4.86. The molecule has 0 spiro atoms. The second kappa shape index (κ2) is 6.29. The number of sulfonamides is 1. The normalized spacial score (nSPS) is 11.8. The molecule has 2 aromatic rings. The van der Waals surface area contributed by atoms with E-state index in [0.29, 0.717) is 5.82 Å². The molecule has 0 atom stereocenters. The number of nitrogens with zero attached hydrogens (tertiary/aromatic N) is 3. The molecule has 8 heteroatoms. The highest BCUT2D eigenvalue weighted by Crippen LogP contribution is 2.17. The zero-order chi connectivity index (χ0) is 14.6. The van der Waals surface area contributed by atoms with Crippen LogP contribution in [-0.4, -0.2) is 36.3 Å². The van der Waals surface area contributed by atoms with E-state index in [0.717, 1.165) is 12.2 Å². The fourth-order valence-electron chi connectivity index (χ4n) is 1.63. The Balaban J connectivity index is 2.16. The van der Waals surface area contributed by atoms with E-state index in [1.807, 2.05) is 12.3 Å². The van der Waals surface area contributed by atoms with Crippen molar-refractivity contribution in [2.24, 2.45) is 0 Å². The van der Waals surface area contributed by atoms with Gasteiger partial charge in [-0.3, -0.25) is 0 Å². The molecular weight excluding hydrogens is 296 g/mol. The molecule has 0 saturated heterocycles. The Kier molecular flexibility index (Phi) is 4.69. The Hall–Kier alpha value is -1.51. The van der Waals surface area contributed by atoms with Crippen LogP contribution in [-0.2, 0) is 16.6 Å². The van der Waals surface area contributed by atoms with Crippen LogP contribution in [0, 0.1) is 0 Å². The van der Waals surface area contributed by atoms with E-state index < -0.39 is 10.0 Å². The lowest BCUT2D eigenvalue weighted by Gasteiger charge is -2.16. The van der Waals surface area contributed by atoms with E-state index in [2.05, 4.69) is 15.3 Å². The summed E-state index contributed by atoms with van der Waals surface area (Å²) in [6.45, 7) is 2.94. The van der Waals surface area contributed by atoms with Gasteiger partial charge in [0.25, 0.3) is 0 Å². The molecule has 2 rings (SSSR count). The molecule has 0 fully saturated rings. The minimum atomic E-state index is -3.54. The van der Waals surface area contributed by atoms with Crippen molar-refractivity contribution in [3.05, 3.63) is 34.9 Å². The average Bonchev–Trinajstić information content (AvgIpc) is 2.92. The highest BCUT2D eigenvalue weighted by atomic mass is 32.2. The number of thiazole rings is 1. The number of nitrogens with one attached hydrogen (secondary N) is 1. The largest absolute Gasteiger partial charge is 0.370 e. The van der Waals surface area contributed by atoms with E-state index in [9.17, 15) is 8.42 Å². The van der Waals surface area contributed by atoms with Gasteiger partial charge in [-0.05, 0) is 19.1 Å². The molecule has 1 N–H and O–H groups in total. The summed E-state index contributed by atoms with van der Waals surface area (Å²) in [4.78, 5) is 8.35. The van der Waals surface area contributed by atoms with Crippen molar-refractivity contribution in [2.75, 3.05) is 18.9 Å². The van der Waals surface area contributed by atoms with Gasteiger partial charge in [0.15, 0.2) is 0 Å². The van der Waals surface area contributed by atoms with Gasteiger partial charge < -0.3 is 5.32 Å². The van der Waals surface area contributed by atoms with Gasteiger partial charge in [-0.2, -0.15) is 4.31 Å². The maximum absolute atomic E-state index is 12.4. The van der Waals surface area contributed by atoms with Gasteiger partial charge in [-0.15, -0.1) is 11.3 Å². The van der Waals surface area contributed by atoms with Crippen LogP contribution in [0.25, 0.3) is 0 Å². The Labute approximate surface area is 122 Å². The fraction of sp³-hybridized carbons (Fsp3) is 0.333. The second-order valence-electron chi connectivity index (χ2n) is 4.15. The average molecular weight is 312 g/mol. The topological polar surface area (TPSA) is 75.2 Å². The lowest BCUT2D eigenvalue weighted by Crippen LogP contribution is -2.26. The first-order valence-corrected chi connectivity index (χ1v) is 8.45. The molecule has 0 saturated carbocycles. The molecule has 0 bridgehead atoms. The van der Waals surface area contributed by atoms with Gasteiger partial charge in [0.2, 0.25) is 10.0 Å². The maximum atomic E-state index is 12.4. The molecule has 0 aliphatic carbocycles. The monoisotopic (exact) mass is 312 g/mol. The van der Waals surface area contributed by atoms with Crippen LogP contribution in [0.15, 0.2) is 34.1 Å². The molecule has 6 nitrogen and oxygen atoms in total. The number of aromatic nitrogens is 2. The standard InChI is InChI=1S/C12H16N4O2S2/c1-3-13-12-5-4-11(6-14-12)20(17,18)16(2)7-10-8-19-9-15-10/h4-6,8-9H,3,7H2,1-2H3,(H,13,14). The predicted molar refractivity (Wildman–Crippen MR) is 79.2 cm³/mol. The number of hydrogen-bond donors (Lipinski definition) is 1. The van der Waals surface area contributed by atoms with Crippen LogP contribution in [0.3, 0.4) is 0 Å². The molecule has 2 heterocycles. The van der Waals surface area contributed by atoms with Crippen molar-refractivity contribution in [1.82, 2.24) is 14.3 Å². The quantitative estimate of drug-likeness (QED) is 0.880. The number of pyridine rings is 1. The van der Waals surface area contributed by atoms with Crippen LogP contribution in [0.2, 0.25) is 0 Å². The zero-order valence-electron chi connectivity index (χ0n) is 11.3. The first-order valence-electron chi connectivity index (χ1n) is 6.07. The third kappa shape index (κ3) is 3.33. The van der Waals surface area contributed by atoms with Crippen molar-refractivity contribution in [1.29, 1.82) is 0 Å². The predicted octanol–water partition coefficient (Wildman–Crippen LogP) is 1.79. The third-order valence-corrected chi connectivity index (χ3v) is 5.09. The summed E-state index contributed by atoms with van der Waals surface area (Å²) in [6.07, 6.45) is 1.37. The molecule has 0 amide bonds. The molecule has 2 aromatic heterocycles. The van der Waals surface area contributed by atoms with Crippen LogP contribution in [0.1, 0.15) is 12.6 Å². The van der Waals surface area contributed by atoms with E-state index in [4.69, 9.17) is 0 Å². The third-order valence-electron chi connectivity index (χ3n) is 2.67. The smallest absolute Gasteiger partial charge is 0.244 e.